The summed E-state index contributed by atoms with van der Waals surface area (Å²) in [7, 11) is 0. The second kappa shape index (κ2) is 6.19. The zero-order valence-corrected chi connectivity index (χ0v) is 10.0. The number of primary amides is 1. The quantitative estimate of drug-likeness (QED) is 0.447. The first kappa shape index (κ1) is 15.4. The highest BCUT2D eigenvalue weighted by Crippen LogP contribution is 2.19. The number of carbonyl (C=O) groups excluding carboxylic acids is 2. The summed E-state index contributed by atoms with van der Waals surface area (Å²) in [5, 5.41) is 11.1. The number of hydrogen-bond donors (Lipinski definition) is 4. The van der Waals surface area contributed by atoms with Gasteiger partial charge in [-0.1, -0.05) is 13.8 Å². The highest BCUT2D eigenvalue weighted by Gasteiger charge is 2.31. The monoisotopic (exact) mass is 245 g/mol. The van der Waals surface area contributed by atoms with Gasteiger partial charge in [0.2, 0.25) is 11.8 Å². The largest absolute Gasteiger partial charge is 0.480 e. The zero-order chi connectivity index (χ0) is 13.6. The van der Waals surface area contributed by atoms with E-state index in [-0.39, 0.29) is 0 Å². The minimum atomic E-state index is -1.29. The van der Waals surface area contributed by atoms with Gasteiger partial charge in [0.15, 0.2) is 0 Å². The number of aliphatic carboxylic acids is 1. The molecule has 0 radical (unpaired) electrons. The summed E-state index contributed by atoms with van der Waals surface area (Å²) in [6.07, 6.45) is -0.0124. The third kappa shape index (κ3) is 5.30. The van der Waals surface area contributed by atoms with Gasteiger partial charge in [0.25, 0.3) is 0 Å². The minimum absolute atomic E-state index is 0.313. The Morgan fingerprint density at radius 3 is 2.24 bits per heavy atom. The fourth-order valence-corrected chi connectivity index (χ4v) is 1.23. The van der Waals surface area contributed by atoms with Gasteiger partial charge in [-0.2, -0.15) is 0 Å². The molecule has 0 aromatic rings. The van der Waals surface area contributed by atoms with Crippen LogP contribution in [0.1, 0.15) is 26.7 Å². The predicted octanol–water partition coefficient (Wildman–Crippen LogP) is -1.19. The van der Waals surface area contributed by atoms with Crippen molar-refractivity contribution in [3.63, 3.8) is 0 Å². The summed E-state index contributed by atoms with van der Waals surface area (Å²) in [5.41, 5.74) is 9.48. The molecule has 7 heteroatoms. The molecule has 6 N–H and O–H groups in total. The van der Waals surface area contributed by atoms with Gasteiger partial charge < -0.3 is 21.9 Å². The van der Waals surface area contributed by atoms with Gasteiger partial charge in [-0.15, -0.1) is 0 Å². The molecule has 0 aliphatic rings. The maximum atomic E-state index is 11.8. The molecule has 0 heterocycles. The average molecular weight is 245 g/mol. The van der Waals surface area contributed by atoms with Crippen LogP contribution in [0.5, 0.6) is 0 Å². The van der Waals surface area contributed by atoms with Crippen molar-refractivity contribution in [2.24, 2.45) is 16.9 Å². The van der Waals surface area contributed by atoms with Crippen molar-refractivity contribution < 1.29 is 19.5 Å². The first-order chi connectivity index (χ1) is 7.70. The molecular weight excluding hydrogens is 226 g/mol. The van der Waals surface area contributed by atoms with Crippen molar-refractivity contribution in [3.05, 3.63) is 0 Å². The number of carboxylic acids is 1. The van der Waals surface area contributed by atoms with E-state index in [1.165, 1.54) is 0 Å². The Balaban J connectivity index is 4.60. The summed E-state index contributed by atoms with van der Waals surface area (Å²) >= 11 is 0. The minimum Gasteiger partial charge on any atom is -0.480 e. The number of amides is 2. The summed E-state index contributed by atoms with van der Waals surface area (Å²) in [5.74, 6) is -2.54. The van der Waals surface area contributed by atoms with Crippen molar-refractivity contribution in [2.45, 2.75) is 32.7 Å². The average Bonchev–Trinajstić information content (AvgIpc) is 2.15. The van der Waals surface area contributed by atoms with E-state index in [4.69, 9.17) is 16.6 Å². The van der Waals surface area contributed by atoms with Crippen LogP contribution in [0, 0.1) is 5.41 Å². The Hall–Kier alpha value is -1.63. The van der Waals surface area contributed by atoms with Gasteiger partial charge in [0.1, 0.15) is 6.04 Å². The van der Waals surface area contributed by atoms with Gasteiger partial charge in [-0.25, -0.2) is 4.79 Å². The Morgan fingerprint density at radius 2 is 1.88 bits per heavy atom. The maximum absolute atomic E-state index is 11.8. The predicted molar refractivity (Wildman–Crippen MR) is 60.8 cm³/mol. The second-order valence-corrected chi connectivity index (χ2v) is 4.46. The normalized spacial score (nSPS) is 12.9. The second-order valence-electron chi connectivity index (χ2n) is 4.46. The summed E-state index contributed by atoms with van der Waals surface area (Å²) in [6.45, 7) is 3.62. The van der Waals surface area contributed by atoms with Crippen LogP contribution in [0.3, 0.4) is 0 Å². The molecule has 0 aromatic heterocycles. The zero-order valence-electron chi connectivity index (χ0n) is 10.0. The van der Waals surface area contributed by atoms with Crippen LogP contribution < -0.4 is 16.8 Å². The fraction of sp³-hybridized carbons (Fsp3) is 0.700. The molecular formula is C10H19N3O4. The van der Waals surface area contributed by atoms with Crippen LogP contribution in [0.25, 0.3) is 0 Å². The molecule has 0 fully saturated rings. The van der Waals surface area contributed by atoms with E-state index < -0.39 is 35.7 Å². The third-order valence-corrected chi connectivity index (χ3v) is 2.39. The highest BCUT2D eigenvalue weighted by molar-refractivity contribution is 5.90. The van der Waals surface area contributed by atoms with Gasteiger partial charge in [0, 0.05) is 5.41 Å². The van der Waals surface area contributed by atoms with E-state index in [2.05, 4.69) is 5.32 Å². The Labute approximate surface area is 99.5 Å². The molecule has 0 aliphatic heterocycles. The lowest BCUT2D eigenvalue weighted by molar-refractivity contribution is -0.144. The Kier molecular flexibility index (Phi) is 5.60. The smallest absolute Gasteiger partial charge is 0.326 e. The van der Waals surface area contributed by atoms with Gasteiger partial charge in [-0.3, -0.25) is 9.59 Å². The maximum Gasteiger partial charge on any atom is 0.326 e. The third-order valence-electron chi connectivity index (χ3n) is 2.39. The summed E-state index contributed by atoms with van der Waals surface area (Å²) < 4.78 is 0. The van der Waals surface area contributed by atoms with Crippen molar-refractivity contribution >= 4 is 17.8 Å². The van der Waals surface area contributed by atoms with E-state index in [9.17, 15) is 14.4 Å². The molecule has 0 unspecified atom stereocenters. The molecule has 0 bridgehead atoms. The SMILES string of the molecule is CC(C)(CCN)C(=O)N[C@@H](CC(N)=O)C(=O)O. The Morgan fingerprint density at radius 1 is 1.35 bits per heavy atom. The van der Waals surface area contributed by atoms with Gasteiger partial charge in [0.05, 0.1) is 6.42 Å². The number of rotatable bonds is 7. The molecule has 2 amide bonds. The number of carbonyl (C=O) groups is 3. The highest BCUT2D eigenvalue weighted by atomic mass is 16.4. The van der Waals surface area contributed by atoms with Crippen molar-refractivity contribution in [2.75, 3.05) is 6.54 Å². The molecule has 17 heavy (non-hydrogen) atoms. The first-order valence-corrected chi connectivity index (χ1v) is 5.23. The molecule has 0 aromatic carbocycles. The van der Waals surface area contributed by atoms with E-state index in [1.807, 2.05) is 0 Å². The topological polar surface area (TPSA) is 136 Å². The molecule has 98 valence electrons. The molecule has 0 spiro atoms. The summed E-state index contributed by atoms with van der Waals surface area (Å²) in [6, 6.07) is -1.29. The lowest BCUT2D eigenvalue weighted by atomic mass is 9.88. The number of hydrogen-bond acceptors (Lipinski definition) is 4. The lowest BCUT2D eigenvalue weighted by Gasteiger charge is -2.24. The molecule has 7 nitrogen and oxygen atoms in total. The first-order valence-electron chi connectivity index (χ1n) is 5.23. The van der Waals surface area contributed by atoms with Crippen LogP contribution in [0.4, 0.5) is 0 Å². The van der Waals surface area contributed by atoms with Crippen molar-refractivity contribution in [1.29, 1.82) is 0 Å². The molecule has 0 saturated carbocycles. The number of nitrogens with one attached hydrogen (secondary N) is 1. The van der Waals surface area contributed by atoms with Crippen LogP contribution in [-0.4, -0.2) is 35.5 Å². The van der Waals surface area contributed by atoms with Crippen LogP contribution in [0.2, 0.25) is 0 Å². The molecule has 0 aliphatic carbocycles. The van der Waals surface area contributed by atoms with Crippen LogP contribution >= 0.6 is 0 Å². The fourth-order valence-electron chi connectivity index (χ4n) is 1.23. The lowest BCUT2D eigenvalue weighted by Crippen LogP contribution is -2.48. The molecule has 0 saturated heterocycles. The van der Waals surface area contributed by atoms with E-state index in [0.717, 1.165) is 0 Å². The number of carboxylic acid groups (broad SMARTS) is 1. The number of nitrogens with two attached hydrogens (primary N) is 2. The van der Waals surface area contributed by atoms with Crippen molar-refractivity contribution in [3.8, 4) is 0 Å². The molecule has 1 atom stereocenters. The Bertz CT molecular complexity index is 315. The van der Waals surface area contributed by atoms with E-state index >= 15 is 0 Å². The van der Waals surface area contributed by atoms with E-state index in [1.54, 1.807) is 13.8 Å². The van der Waals surface area contributed by atoms with Crippen molar-refractivity contribution in [1.82, 2.24) is 5.32 Å². The van der Waals surface area contributed by atoms with Crippen LogP contribution in [0.15, 0.2) is 0 Å². The standard InChI is InChI=1S/C10H19N3O4/c1-10(2,3-4-11)9(17)13-6(8(15)16)5-7(12)14/h6H,3-5,11H2,1-2H3,(H2,12,14)(H,13,17)(H,15,16)/t6-/m0/s1. The van der Waals surface area contributed by atoms with Gasteiger partial charge >= 0.3 is 5.97 Å². The van der Waals surface area contributed by atoms with Gasteiger partial charge in [-0.05, 0) is 13.0 Å². The molecule has 0 rings (SSSR count). The summed E-state index contributed by atoms with van der Waals surface area (Å²) in [4.78, 5) is 33.2. The van der Waals surface area contributed by atoms with Crippen LogP contribution in [-0.2, 0) is 14.4 Å². The van der Waals surface area contributed by atoms with E-state index in [0.29, 0.717) is 13.0 Å².